The predicted octanol–water partition coefficient (Wildman–Crippen LogP) is 2.26. The summed E-state index contributed by atoms with van der Waals surface area (Å²) in [6, 6.07) is 4.39. The van der Waals surface area contributed by atoms with Crippen LogP contribution in [0.5, 0.6) is 0 Å². The molecule has 1 fully saturated rings. The van der Waals surface area contributed by atoms with Gasteiger partial charge in [-0.3, -0.25) is 9.59 Å². The van der Waals surface area contributed by atoms with Gasteiger partial charge in [0.25, 0.3) is 5.91 Å². The third kappa shape index (κ3) is 2.54. The lowest BCUT2D eigenvalue weighted by Gasteiger charge is -2.33. The smallest absolute Gasteiger partial charge is 0.270 e. The molecular formula is C15H15ClFN3O2. The average Bonchev–Trinajstić information content (AvgIpc) is 2.95. The van der Waals surface area contributed by atoms with Crippen LogP contribution in [0.25, 0.3) is 10.9 Å². The summed E-state index contributed by atoms with van der Waals surface area (Å²) in [6.45, 7) is 3.53. The summed E-state index contributed by atoms with van der Waals surface area (Å²) < 4.78 is 13.5. The van der Waals surface area contributed by atoms with E-state index in [-0.39, 0.29) is 16.8 Å². The fourth-order valence-corrected chi connectivity index (χ4v) is 2.87. The van der Waals surface area contributed by atoms with Crippen LogP contribution in [0.4, 0.5) is 4.39 Å². The Morgan fingerprint density at radius 2 is 1.82 bits per heavy atom. The highest BCUT2D eigenvalue weighted by Crippen LogP contribution is 2.27. The van der Waals surface area contributed by atoms with E-state index in [9.17, 15) is 14.0 Å². The molecular weight excluding hydrogens is 309 g/mol. The van der Waals surface area contributed by atoms with E-state index in [4.69, 9.17) is 11.6 Å². The zero-order chi connectivity index (χ0) is 15.9. The number of carbonyl (C=O) groups is 2. The maximum Gasteiger partial charge on any atom is 0.270 e. The molecule has 0 radical (unpaired) electrons. The first-order valence-electron chi connectivity index (χ1n) is 6.99. The van der Waals surface area contributed by atoms with Crippen LogP contribution in [0.1, 0.15) is 17.4 Å². The molecule has 2 amide bonds. The van der Waals surface area contributed by atoms with Crippen LogP contribution in [-0.4, -0.2) is 52.8 Å². The number of hydrogen-bond acceptors (Lipinski definition) is 2. The molecule has 3 rings (SSSR count). The van der Waals surface area contributed by atoms with Gasteiger partial charge < -0.3 is 14.8 Å². The Bertz CT molecular complexity index is 751. The Balaban J connectivity index is 1.81. The van der Waals surface area contributed by atoms with E-state index in [2.05, 4.69) is 4.98 Å². The molecule has 1 aromatic carbocycles. The van der Waals surface area contributed by atoms with Crippen molar-refractivity contribution in [3.8, 4) is 0 Å². The van der Waals surface area contributed by atoms with E-state index in [0.29, 0.717) is 42.8 Å². The van der Waals surface area contributed by atoms with Crippen LogP contribution in [0, 0.1) is 5.82 Å². The monoisotopic (exact) mass is 323 g/mol. The standard InChI is InChI=1S/C15H15ClFN3O2/c1-9(21)19-4-6-20(7-5-19)15(22)13-8-10-12(18-13)3-2-11(17)14(10)16/h2-3,8,18H,4-7H2,1H3. The van der Waals surface area contributed by atoms with Gasteiger partial charge in [0.2, 0.25) is 5.91 Å². The van der Waals surface area contributed by atoms with Crippen LogP contribution in [-0.2, 0) is 4.79 Å². The summed E-state index contributed by atoms with van der Waals surface area (Å²) in [5.41, 5.74) is 0.996. The highest BCUT2D eigenvalue weighted by atomic mass is 35.5. The maximum absolute atomic E-state index is 13.5. The van der Waals surface area contributed by atoms with E-state index >= 15 is 0 Å². The van der Waals surface area contributed by atoms with Gasteiger partial charge in [-0.25, -0.2) is 4.39 Å². The van der Waals surface area contributed by atoms with E-state index in [1.165, 1.54) is 13.0 Å². The van der Waals surface area contributed by atoms with Gasteiger partial charge in [0.05, 0.1) is 5.02 Å². The molecule has 5 nitrogen and oxygen atoms in total. The van der Waals surface area contributed by atoms with Crippen molar-refractivity contribution in [3.63, 3.8) is 0 Å². The number of nitrogens with zero attached hydrogens (tertiary/aromatic N) is 2. The van der Waals surface area contributed by atoms with Crippen molar-refractivity contribution >= 4 is 34.3 Å². The van der Waals surface area contributed by atoms with Crippen molar-refractivity contribution in [1.82, 2.24) is 14.8 Å². The lowest BCUT2D eigenvalue weighted by Crippen LogP contribution is -2.50. The molecule has 0 unspecified atom stereocenters. The van der Waals surface area contributed by atoms with Crippen LogP contribution in [0.15, 0.2) is 18.2 Å². The Hall–Kier alpha value is -2.08. The Labute approximate surface area is 131 Å². The van der Waals surface area contributed by atoms with Crippen molar-refractivity contribution in [2.45, 2.75) is 6.92 Å². The van der Waals surface area contributed by atoms with E-state index in [1.54, 1.807) is 21.9 Å². The first-order valence-corrected chi connectivity index (χ1v) is 7.36. The van der Waals surface area contributed by atoms with Gasteiger partial charge in [-0.2, -0.15) is 0 Å². The van der Waals surface area contributed by atoms with Gasteiger partial charge in [0.15, 0.2) is 0 Å². The number of H-pyrrole nitrogens is 1. The number of fused-ring (bicyclic) bond motifs is 1. The number of nitrogens with one attached hydrogen (secondary N) is 1. The highest BCUT2D eigenvalue weighted by Gasteiger charge is 2.24. The molecule has 0 spiro atoms. The normalized spacial score (nSPS) is 15.4. The summed E-state index contributed by atoms with van der Waals surface area (Å²) >= 11 is 5.92. The molecule has 1 N–H and O–H groups in total. The lowest BCUT2D eigenvalue weighted by atomic mass is 10.2. The number of piperazine rings is 1. The second kappa shape index (κ2) is 5.61. The zero-order valence-electron chi connectivity index (χ0n) is 12.0. The molecule has 116 valence electrons. The number of hydrogen-bond donors (Lipinski definition) is 1. The third-order valence-corrected chi connectivity index (χ3v) is 4.32. The van der Waals surface area contributed by atoms with E-state index < -0.39 is 5.82 Å². The topological polar surface area (TPSA) is 56.4 Å². The zero-order valence-corrected chi connectivity index (χ0v) is 12.8. The maximum atomic E-state index is 13.5. The van der Waals surface area contributed by atoms with Gasteiger partial charge in [-0.05, 0) is 18.2 Å². The Morgan fingerprint density at radius 3 is 2.45 bits per heavy atom. The summed E-state index contributed by atoms with van der Waals surface area (Å²) in [5.74, 6) is -0.668. The number of aromatic amines is 1. The number of halogens is 2. The summed E-state index contributed by atoms with van der Waals surface area (Å²) in [6.07, 6.45) is 0. The highest BCUT2D eigenvalue weighted by molar-refractivity contribution is 6.35. The van der Waals surface area contributed by atoms with Crippen LogP contribution in [0.2, 0.25) is 5.02 Å². The van der Waals surface area contributed by atoms with Crippen molar-refractivity contribution in [2.75, 3.05) is 26.2 Å². The minimum Gasteiger partial charge on any atom is -0.350 e. The number of amides is 2. The van der Waals surface area contributed by atoms with Gasteiger partial charge in [0, 0.05) is 44.0 Å². The molecule has 1 aromatic heterocycles. The molecule has 22 heavy (non-hydrogen) atoms. The largest absolute Gasteiger partial charge is 0.350 e. The SMILES string of the molecule is CC(=O)N1CCN(C(=O)c2cc3c(Cl)c(F)ccc3[nH]2)CC1. The summed E-state index contributed by atoms with van der Waals surface area (Å²) in [5, 5.41) is 0.501. The molecule has 0 aliphatic carbocycles. The molecule has 2 aromatic rings. The van der Waals surface area contributed by atoms with E-state index in [0.717, 1.165) is 0 Å². The molecule has 1 aliphatic rings. The third-order valence-electron chi connectivity index (χ3n) is 3.93. The van der Waals surface area contributed by atoms with Crippen molar-refractivity contribution in [1.29, 1.82) is 0 Å². The van der Waals surface area contributed by atoms with Crippen molar-refractivity contribution in [3.05, 3.63) is 34.7 Å². The number of benzene rings is 1. The minimum atomic E-state index is -0.512. The average molecular weight is 324 g/mol. The van der Waals surface area contributed by atoms with Gasteiger partial charge in [-0.15, -0.1) is 0 Å². The molecule has 7 heteroatoms. The molecule has 1 aliphatic heterocycles. The van der Waals surface area contributed by atoms with Crippen LogP contribution >= 0.6 is 11.6 Å². The lowest BCUT2D eigenvalue weighted by molar-refractivity contribution is -0.130. The van der Waals surface area contributed by atoms with Gasteiger partial charge in [-0.1, -0.05) is 11.6 Å². The second-order valence-corrected chi connectivity index (χ2v) is 5.68. The molecule has 0 saturated carbocycles. The molecule has 1 saturated heterocycles. The molecule has 0 bridgehead atoms. The Morgan fingerprint density at radius 1 is 1.18 bits per heavy atom. The van der Waals surface area contributed by atoms with Gasteiger partial charge in [0.1, 0.15) is 11.5 Å². The van der Waals surface area contributed by atoms with Gasteiger partial charge >= 0.3 is 0 Å². The minimum absolute atomic E-state index is 0.00852. The fourth-order valence-electron chi connectivity index (χ4n) is 2.65. The number of carbonyl (C=O) groups excluding carboxylic acids is 2. The second-order valence-electron chi connectivity index (χ2n) is 5.30. The van der Waals surface area contributed by atoms with E-state index in [1.807, 2.05) is 0 Å². The molecule has 2 heterocycles. The van der Waals surface area contributed by atoms with Crippen molar-refractivity contribution in [2.24, 2.45) is 0 Å². The summed E-state index contributed by atoms with van der Waals surface area (Å²) in [4.78, 5) is 30.2. The van der Waals surface area contributed by atoms with Crippen LogP contribution in [0.3, 0.4) is 0 Å². The van der Waals surface area contributed by atoms with Crippen LogP contribution < -0.4 is 0 Å². The number of rotatable bonds is 1. The van der Waals surface area contributed by atoms with Crippen molar-refractivity contribution < 1.29 is 14.0 Å². The summed E-state index contributed by atoms with van der Waals surface area (Å²) in [7, 11) is 0. The Kier molecular flexibility index (Phi) is 3.78. The quantitative estimate of drug-likeness (QED) is 0.875. The predicted molar refractivity (Wildman–Crippen MR) is 81.4 cm³/mol. The first-order chi connectivity index (χ1) is 10.5. The number of aromatic nitrogens is 1. The molecule has 0 atom stereocenters. The first kappa shape index (κ1) is 14.8. The fraction of sp³-hybridized carbons (Fsp3) is 0.333.